The second-order valence-corrected chi connectivity index (χ2v) is 3.71. The van der Waals surface area contributed by atoms with Crippen LogP contribution in [0.3, 0.4) is 0 Å². The largest absolute Gasteiger partial charge is 0.460 e. The van der Waals surface area contributed by atoms with E-state index in [1.807, 2.05) is 20.8 Å². The average Bonchev–Trinajstić information content (AvgIpc) is 1.94. The molecule has 0 saturated heterocycles. The third-order valence-electron chi connectivity index (χ3n) is 1.15. The van der Waals surface area contributed by atoms with Gasteiger partial charge in [-0.15, -0.1) is 0 Å². The molecule has 4 heteroatoms. The molecule has 0 radical (unpaired) electrons. The highest BCUT2D eigenvalue weighted by Crippen LogP contribution is 2.07. The Bertz CT molecular complexity index is 172. The Morgan fingerprint density at radius 2 is 2.08 bits per heavy atom. The quantitative estimate of drug-likeness (QED) is 0.387. The van der Waals surface area contributed by atoms with Gasteiger partial charge in [-0.05, 0) is 20.8 Å². The molecular formula is C9H17NO3. The maximum atomic E-state index is 11.1. The van der Waals surface area contributed by atoms with Crippen LogP contribution in [0, 0.1) is 0 Å². The monoisotopic (exact) mass is 187 g/mol. The van der Waals surface area contributed by atoms with Gasteiger partial charge < -0.3 is 14.8 Å². The standard InChI is InChI=1S/C9H17NO3/c1-9(2,3)13-8(12)4-5-10-6-7-11/h7,10H,4-6H2,1-3H3. The van der Waals surface area contributed by atoms with Gasteiger partial charge in [0.25, 0.3) is 0 Å². The number of ether oxygens (including phenoxy) is 1. The smallest absolute Gasteiger partial charge is 0.307 e. The molecule has 0 saturated carbocycles. The van der Waals surface area contributed by atoms with Crippen LogP contribution in [0.1, 0.15) is 27.2 Å². The van der Waals surface area contributed by atoms with Crippen molar-refractivity contribution in [3.63, 3.8) is 0 Å². The Morgan fingerprint density at radius 3 is 2.54 bits per heavy atom. The fourth-order valence-electron chi connectivity index (χ4n) is 0.744. The van der Waals surface area contributed by atoms with Crippen molar-refractivity contribution < 1.29 is 14.3 Å². The van der Waals surface area contributed by atoms with Crippen molar-refractivity contribution in [3.8, 4) is 0 Å². The number of aldehydes is 1. The molecule has 0 rings (SSSR count). The van der Waals surface area contributed by atoms with Crippen molar-refractivity contribution in [1.29, 1.82) is 0 Å². The first-order valence-corrected chi connectivity index (χ1v) is 4.32. The van der Waals surface area contributed by atoms with E-state index in [0.29, 0.717) is 13.0 Å². The summed E-state index contributed by atoms with van der Waals surface area (Å²) in [5.41, 5.74) is -0.429. The Labute approximate surface area is 78.6 Å². The van der Waals surface area contributed by atoms with Gasteiger partial charge in [0.1, 0.15) is 11.9 Å². The molecule has 13 heavy (non-hydrogen) atoms. The molecule has 0 aliphatic rings. The average molecular weight is 187 g/mol. The first-order chi connectivity index (χ1) is 5.95. The van der Waals surface area contributed by atoms with Gasteiger partial charge in [-0.2, -0.15) is 0 Å². The van der Waals surface area contributed by atoms with Crippen molar-refractivity contribution in [3.05, 3.63) is 0 Å². The van der Waals surface area contributed by atoms with Gasteiger partial charge in [0, 0.05) is 6.54 Å². The fourth-order valence-corrected chi connectivity index (χ4v) is 0.744. The van der Waals surface area contributed by atoms with E-state index in [2.05, 4.69) is 5.32 Å². The third-order valence-corrected chi connectivity index (χ3v) is 1.15. The second-order valence-electron chi connectivity index (χ2n) is 3.71. The zero-order valence-corrected chi connectivity index (χ0v) is 8.42. The summed E-state index contributed by atoms with van der Waals surface area (Å²) in [6.45, 7) is 6.23. The van der Waals surface area contributed by atoms with Gasteiger partial charge in [0.2, 0.25) is 0 Å². The second kappa shape index (κ2) is 5.70. The highest BCUT2D eigenvalue weighted by molar-refractivity contribution is 5.70. The number of carbonyl (C=O) groups excluding carboxylic acids is 2. The Kier molecular flexibility index (Phi) is 5.30. The lowest BCUT2D eigenvalue weighted by atomic mass is 10.2. The molecule has 4 nitrogen and oxygen atoms in total. The molecule has 1 N–H and O–H groups in total. The van der Waals surface area contributed by atoms with Gasteiger partial charge in [-0.1, -0.05) is 0 Å². The zero-order chi connectivity index (χ0) is 10.3. The summed E-state index contributed by atoms with van der Waals surface area (Å²) in [6, 6.07) is 0. The maximum absolute atomic E-state index is 11.1. The Morgan fingerprint density at radius 1 is 1.46 bits per heavy atom. The first-order valence-electron chi connectivity index (χ1n) is 4.32. The Hall–Kier alpha value is -0.900. The van der Waals surface area contributed by atoms with Crippen molar-refractivity contribution in [2.24, 2.45) is 0 Å². The zero-order valence-electron chi connectivity index (χ0n) is 8.42. The molecular weight excluding hydrogens is 170 g/mol. The van der Waals surface area contributed by atoms with E-state index in [9.17, 15) is 9.59 Å². The number of hydrogen-bond acceptors (Lipinski definition) is 4. The molecule has 0 aliphatic carbocycles. The molecule has 0 aliphatic heterocycles. The Balaban J connectivity index is 3.47. The molecule has 0 fully saturated rings. The summed E-state index contributed by atoms with van der Waals surface area (Å²) in [5.74, 6) is -0.245. The molecule has 0 heterocycles. The number of hydrogen-bond donors (Lipinski definition) is 1. The number of carbonyl (C=O) groups is 2. The van der Waals surface area contributed by atoms with E-state index in [1.165, 1.54) is 0 Å². The summed E-state index contributed by atoms with van der Waals surface area (Å²) >= 11 is 0. The molecule has 0 atom stereocenters. The van der Waals surface area contributed by atoms with E-state index in [-0.39, 0.29) is 12.5 Å². The highest BCUT2D eigenvalue weighted by atomic mass is 16.6. The molecule has 0 aromatic carbocycles. The molecule has 0 bridgehead atoms. The minimum atomic E-state index is -0.429. The predicted molar refractivity (Wildman–Crippen MR) is 49.4 cm³/mol. The molecule has 0 unspecified atom stereocenters. The van der Waals surface area contributed by atoms with Gasteiger partial charge in [0.05, 0.1) is 13.0 Å². The molecule has 0 aromatic heterocycles. The normalized spacial score (nSPS) is 11.0. The van der Waals surface area contributed by atoms with Crippen LogP contribution in [-0.2, 0) is 14.3 Å². The lowest BCUT2D eigenvalue weighted by molar-refractivity contribution is -0.154. The molecule has 76 valence electrons. The van der Waals surface area contributed by atoms with E-state index < -0.39 is 5.60 Å². The number of nitrogens with one attached hydrogen (secondary N) is 1. The number of esters is 1. The summed E-state index contributed by atoms with van der Waals surface area (Å²) in [6.07, 6.45) is 1.06. The van der Waals surface area contributed by atoms with Crippen LogP contribution in [0.5, 0.6) is 0 Å². The molecule has 0 amide bonds. The van der Waals surface area contributed by atoms with E-state index in [4.69, 9.17) is 4.74 Å². The fraction of sp³-hybridized carbons (Fsp3) is 0.778. The van der Waals surface area contributed by atoms with Crippen LogP contribution in [0.4, 0.5) is 0 Å². The van der Waals surface area contributed by atoms with Gasteiger partial charge in [0.15, 0.2) is 0 Å². The maximum Gasteiger partial charge on any atom is 0.307 e. The molecule has 0 aromatic rings. The third kappa shape index (κ3) is 9.01. The summed E-state index contributed by atoms with van der Waals surface area (Å²) in [7, 11) is 0. The number of rotatable bonds is 5. The minimum Gasteiger partial charge on any atom is -0.460 e. The van der Waals surface area contributed by atoms with Gasteiger partial charge in [-0.25, -0.2) is 0 Å². The van der Waals surface area contributed by atoms with Crippen molar-refractivity contribution >= 4 is 12.3 Å². The highest BCUT2D eigenvalue weighted by Gasteiger charge is 2.15. The minimum absolute atomic E-state index is 0.245. The van der Waals surface area contributed by atoms with Crippen molar-refractivity contribution in [2.45, 2.75) is 32.8 Å². The summed E-state index contributed by atoms with van der Waals surface area (Å²) < 4.78 is 5.05. The van der Waals surface area contributed by atoms with Crippen molar-refractivity contribution in [1.82, 2.24) is 5.32 Å². The predicted octanol–water partition coefficient (Wildman–Crippen LogP) is 0.507. The van der Waals surface area contributed by atoms with Gasteiger partial charge >= 0.3 is 5.97 Å². The van der Waals surface area contributed by atoms with Crippen LogP contribution < -0.4 is 5.32 Å². The molecule has 0 spiro atoms. The van der Waals surface area contributed by atoms with E-state index >= 15 is 0 Å². The SMILES string of the molecule is CC(C)(C)OC(=O)CCNCC=O. The summed E-state index contributed by atoms with van der Waals surface area (Å²) in [5, 5.41) is 2.78. The van der Waals surface area contributed by atoms with Crippen LogP contribution in [0.25, 0.3) is 0 Å². The van der Waals surface area contributed by atoms with Crippen LogP contribution in [0.2, 0.25) is 0 Å². The van der Waals surface area contributed by atoms with E-state index in [0.717, 1.165) is 6.29 Å². The first kappa shape index (κ1) is 12.1. The van der Waals surface area contributed by atoms with Crippen molar-refractivity contribution in [2.75, 3.05) is 13.1 Å². The lowest BCUT2D eigenvalue weighted by Gasteiger charge is -2.19. The van der Waals surface area contributed by atoms with Crippen LogP contribution in [-0.4, -0.2) is 30.9 Å². The lowest BCUT2D eigenvalue weighted by Crippen LogP contribution is -2.27. The summed E-state index contributed by atoms with van der Waals surface area (Å²) in [4.78, 5) is 21.0. The van der Waals surface area contributed by atoms with Crippen LogP contribution in [0.15, 0.2) is 0 Å². The van der Waals surface area contributed by atoms with E-state index in [1.54, 1.807) is 0 Å². The van der Waals surface area contributed by atoms with Crippen LogP contribution >= 0.6 is 0 Å². The van der Waals surface area contributed by atoms with Gasteiger partial charge in [-0.3, -0.25) is 4.79 Å². The topological polar surface area (TPSA) is 55.4 Å².